The fraction of sp³-hybridized carbons (Fsp3) is 0.636. The van der Waals surface area contributed by atoms with Crippen LogP contribution in [0, 0.1) is 0 Å². The molecule has 84 valence electrons. The maximum absolute atomic E-state index is 3.49. The highest BCUT2D eigenvalue weighted by Gasteiger charge is 2.09. The number of likely N-dealkylation sites (tertiary alicyclic amines) is 1. The molecule has 1 aromatic rings. The largest absolute Gasteiger partial charge is 0.311 e. The van der Waals surface area contributed by atoms with Crippen LogP contribution in [0.3, 0.4) is 0 Å². The van der Waals surface area contributed by atoms with Crippen molar-refractivity contribution in [1.82, 2.24) is 10.2 Å². The van der Waals surface area contributed by atoms with E-state index in [4.69, 9.17) is 0 Å². The van der Waals surface area contributed by atoms with E-state index in [1.54, 1.807) is 0 Å². The molecule has 0 saturated carbocycles. The van der Waals surface area contributed by atoms with Crippen molar-refractivity contribution in [3.63, 3.8) is 0 Å². The molecule has 2 nitrogen and oxygen atoms in total. The number of nitrogens with zero attached hydrogens (tertiary/aromatic N) is 1. The summed E-state index contributed by atoms with van der Waals surface area (Å²) in [6.45, 7) is 5.91. The van der Waals surface area contributed by atoms with Gasteiger partial charge in [0.25, 0.3) is 0 Å². The second-order valence-corrected chi connectivity index (χ2v) is 5.87. The Balaban J connectivity index is 1.58. The third-order valence-corrected chi connectivity index (χ3v) is 4.42. The van der Waals surface area contributed by atoms with Gasteiger partial charge < -0.3 is 10.2 Å². The first kappa shape index (κ1) is 11.6. The molecule has 0 bridgehead atoms. The lowest BCUT2D eigenvalue weighted by molar-refractivity contribution is 0.336. The molecular formula is C11H17BrN2S. The Hall–Kier alpha value is 0.1000. The fourth-order valence-corrected chi connectivity index (χ4v) is 3.32. The summed E-state index contributed by atoms with van der Waals surface area (Å²) < 4.78 is 1.20. The van der Waals surface area contributed by atoms with Crippen molar-refractivity contribution in [2.24, 2.45) is 0 Å². The van der Waals surface area contributed by atoms with E-state index in [1.165, 1.54) is 41.8 Å². The van der Waals surface area contributed by atoms with Crippen LogP contribution in [0.4, 0.5) is 0 Å². The van der Waals surface area contributed by atoms with E-state index in [-0.39, 0.29) is 0 Å². The standard InChI is InChI=1S/C11H17BrN2S/c12-10-7-11(15-9-10)8-13-3-6-14-4-1-2-5-14/h7,9,13H,1-6,8H2. The molecule has 1 aliphatic heterocycles. The van der Waals surface area contributed by atoms with Gasteiger partial charge in [-0.1, -0.05) is 0 Å². The van der Waals surface area contributed by atoms with Gasteiger partial charge in [-0.2, -0.15) is 0 Å². The van der Waals surface area contributed by atoms with Crippen molar-refractivity contribution < 1.29 is 0 Å². The molecule has 15 heavy (non-hydrogen) atoms. The van der Waals surface area contributed by atoms with Crippen LogP contribution in [-0.4, -0.2) is 31.1 Å². The molecule has 2 rings (SSSR count). The Bertz CT molecular complexity index is 295. The predicted molar refractivity (Wildman–Crippen MR) is 69.4 cm³/mol. The first-order valence-electron chi connectivity index (χ1n) is 5.50. The number of thiophene rings is 1. The van der Waals surface area contributed by atoms with E-state index in [1.807, 2.05) is 11.3 Å². The molecule has 0 spiro atoms. The van der Waals surface area contributed by atoms with E-state index in [0.717, 1.165) is 13.1 Å². The van der Waals surface area contributed by atoms with E-state index in [2.05, 4.69) is 37.6 Å². The van der Waals surface area contributed by atoms with Crippen LogP contribution in [0.1, 0.15) is 17.7 Å². The summed E-state index contributed by atoms with van der Waals surface area (Å²) in [6.07, 6.45) is 2.77. The van der Waals surface area contributed by atoms with Crippen LogP contribution in [0.25, 0.3) is 0 Å². The number of halogens is 1. The van der Waals surface area contributed by atoms with Gasteiger partial charge in [0, 0.05) is 34.4 Å². The lowest BCUT2D eigenvalue weighted by Gasteiger charge is -2.14. The van der Waals surface area contributed by atoms with Crippen LogP contribution in [0.5, 0.6) is 0 Å². The second-order valence-electron chi connectivity index (χ2n) is 3.96. The molecule has 0 unspecified atom stereocenters. The molecule has 0 aromatic carbocycles. The maximum atomic E-state index is 3.49. The zero-order valence-electron chi connectivity index (χ0n) is 8.84. The Labute approximate surface area is 104 Å². The van der Waals surface area contributed by atoms with Crippen molar-refractivity contribution in [2.45, 2.75) is 19.4 Å². The monoisotopic (exact) mass is 288 g/mol. The van der Waals surface area contributed by atoms with Gasteiger partial charge in [-0.05, 0) is 47.9 Å². The average Bonchev–Trinajstić information content (AvgIpc) is 2.84. The highest BCUT2D eigenvalue weighted by Crippen LogP contribution is 2.19. The fourth-order valence-electron chi connectivity index (χ4n) is 1.90. The number of hydrogen-bond donors (Lipinski definition) is 1. The quantitative estimate of drug-likeness (QED) is 0.838. The summed E-state index contributed by atoms with van der Waals surface area (Å²) in [6, 6.07) is 2.19. The molecule has 4 heteroatoms. The molecule has 0 radical (unpaired) electrons. The molecule has 0 amide bonds. The predicted octanol–water partition coefficient (Wildman–Crippen LogP) is 2.70. The molecule has 0 atom stereocenters. The molecule has 1 saturated heterocycles. The zero-order chi connectivity index (χ0) is 10.5. The lowest BCUT2D eigenvalue weighted by Crippen LogP contribution is -2.29. The van der Waals surface area contributed by atoms with E-state index >= 15 is 0 Å². The number of nitrogens with one attached hydrogen (secondary N) is 1. The minimum atomic E-state index is 1.00. The Morgan fingerprint density at radius 2 is 2.20 bits per heavy atom. The molecule has 1 N–H and O–H groups in total. The van der Waals surface area contributed by atoms with Gasteiger partial charge >= 0.3 is 0 Å². The first-order chi connectivity index (χ1) is 7.34. The number of rotatable bonds is 5. The van der Waals surface area contributed by atoms with Crippen molar-refractivity contribution in [3.8, 4) is 0 Å². The Morgan fingerprint density at radius 1 is 1.40 bits per heavy atom. The van der Waals surface area contributed by atoms with Crippen molar-refractivity contribution in [2.75, 3.05) is 26.2 Å². The summed E-state index contributed by atoms with van der Waals surface area (Å²) in [5.74, 6) is 0. The van der Waals surface area contributed by atoms with Crippen LogP contribution < -0.4 is 5.32 Å². The first-order valence-corrected chi connectivity index (χ1v) is 7.18. The smallest absolute Gasteiger partial charge is 0.0300 e. The van der Waals surface area contributed by atoms with E-state index in [9.17, 15) is 0 Å². The summed E-state index contributed by atoms with van der Waals surface area (Å²) >= 11 is 5.28. The van der Waals surface area contributed by atoms with Crippen molar-refractivity contribution in [1.29, 1.82) is 0 Å². The summed E-state index contributed by atoms with van der Waals surface area (Å²) in [5, 5.41) is 5.63. The van der Waals surface area contributed by atoms with Gasteiger partial charge in [-0.15, -0.1) is 11.3 Å². The molecular weight excluding hydrogens is 272 g/mol. The summed E-state index contributed by atoms with van der Waals surface area (Å²) in [4.78, 5) is 3.94. The van der Waals surface area contributed by atoms with Gasteiger partial charge in [0.2, 0.25) is 0 Å². The maximum Gasteiger partial charge on any atom is 0.0300 e. The minimum Gasteiger partial charge on any atom is -0.311 e. The van der Waals surface area contributed by atoms with E-state index in [0.29, 0.717) is 0 Å². The minimum absolute atomic E-state index is 1.00. The van der Waals surface area contributed by atoms with Gasteiger partial charge in [-0.25, -0.2) is 0 Å². The highest BCUT2D eigenvalue weighted by molar-refractivity contribution is 9.10. The second kappa shape index (κ2) is 5.99. The third kappa shape index (κ3) is 3.87. The Kier molecular flexibility index (Phi) is 4.62. The van der Waals surface area contributed by atoms with Crippen molar-refractivity contribution >= 4 is 27.3 Å². The lowest BCUT2D eigenvalue weighted by atomic mass is 10.4. The van der Waals surface area contributed by atoms with Crippen LogP contribution in [0.15, 0.2) is 15.9 Å². The summed E-state index contributed by atoms with van der Waals surface area (Å²) in [5.41, 5.74) is 0. The van der Waals surface area contributed by atoms with Crippen LogP contribution >= 0.6 is 27.3 Å². The number of hydrogen-bond acceptors (Lipinski definition) is 3. The molecule has 1 aliphatic rings. The average molecular weight is 289 g/mol. The molecule has 0 aliphatic carbocycles. The topological polar surface area (TPSA) is 15.3 Å². The van der Waals surface area contributed by atoms with Crippen LogP contribution in [0.2, 0.25) is 0 Å². The van der Waals surface area contributed by atoms with Gasteiger partial charge in [0.1, 0.15) is 0 Å². The van der Waals surface area contributed by atoms with Gasteiger partial charge in [-0.3, -0.25) is 0 Å². The van der Waals surface area contributed by atoms with E-state index < -0.39 is 0 Å². The van der Waals surface area contributed by atoms with Gasteiger partial charge in [0.05, 0.1) is 0 Å². The molecule has 1 aromatic heterocycles. The van der Waals surface area contributed by atoms with Crippen LogP contribution in [-0.2, 0) is 6.54 Å². The normalized spacial score (nSPS) is 17.4. The molecule has 2 heterocycles. The third-order valence-electron chi connectivity index (χ3n) is 2.72. The highest BCUT2D eigenvalue weighted by atomic mass is 79.9. The molecule has 1 fully saturated rings. The Morgan fingerprint density at radius 3 is 2.87 bits per heavy atom. The zero-order valence-corrected chi connectivity index (χ0v) is 11.2. The summed E-state index contributed by atoms with van der Waals surface area (Å²) in [7, 11) is 0. The van der Waals surface area contributed by atoms with Crippen molar-refractivity contribution in [3.05, 3.63) is 20.8 Å². The van der Waals surface area contributed by atoms with Gasteiger partial charge in [0.15, 0.2) is 0 Å². The SMILES string of the molecule is Brc1csc(CNCCN2CCCC2)c1.